The highest BCUT2D eigenvalue weighted by Gasteiger charge is 2.25. The van der Waals surface area contributed by atoms with Crippen LogP contribution in [0.3, 0.4) is 0 Å². The minimum absolute atomic E-state index is 0.121. The summed E-state index contributed by atoms with van der Waals surface area (Å²) >= 11 is 1.30. The second kappa shape index (κ2) is 4.63. The molecule has 0 spiro atoms. The Bertz CT molecular complexity index is 707. The standard InChI is InChI=1S/C15H8F2OS/c16-10-6-5-9(12(17)8-10)7-14-15(18)11-3-1-2-4-13(11)19-14/h1-8H. The Hall–Kier alpha value is -1.94. The Kier molecular flexibility index (Phi) is 2.95. The van der Waals surface area contributed by atoms with Crippen molar-refractivity contribution in [3.05, 3.63) is 70.1 Å². The van der Waals surface area contributed by atoms with E-state index in [1.54, 1.807) is 12.1 Å². The molecule has 0 atom stereocenters. The Balaban J connectivity index is 2.01. The van der Waals surface area contributed by atoms with Crippen LogP contribution in [0.2, 0.25) is 0 Å². The summed E-state index contributed by atoms with van der Waals surface area (Å²) in [5, 5.41) is 0. The van der Waals surface area contributed by atoms with Crippen LogP contribution in [0, 0.1) is 11.6 Å². The molecule has 3 rings (SSSR count). The van der Waals surface area contributed by atoms with E-state index in [0.29, 0.717) is 10.5 Å². The van der Waals surface area contributed by atoms with E-state index in [2.05, 4.69) is 0 Å². The SMILES string of the molecule is O=C1C(=Cc2ccc(F)cc2F)Sc2ccccc21. The fourth-order valence-electron chi connectivity index (χ4n) is 1.90. The first-order valence-electron chi connectivity index (χ1n) is 5.63. The lowest BCUT2D eigenvalue weighted by Gasteiger charge is -1.98. The zero-order valence-corrected chi connectivity index (χ0v) is 10.5. The van der Waals surface area contributed by atoms with Crippen LogP contribution in [0.1, 0.15) is 15.9 Å². The number of ketones is 1. The van der Waals surface area contributed by atoms with Gasteiger partial charge in [-0.25, -0.2) is 8.78 Å². The minimum Gasteiger partial charge on any atom is -0.288 e. The van der Waals surface area contributed by atoms with Crippen molar-refractivity contribution in [2.75, 3.05) is 0 Å². The van der Waals surface area contributed by atoms with E-state index in [-0.39, 0.29) is 11.3 Å². The van der Waals surface area contributed by atoms with Crippen LogP contribution in [0.4, 0.5) is 8.78 Å². The fraction of sp³-hybridized carbons (Fsp3) is 0. The molecular weight excluding hydrogens is 266 g/mol. The molecule has 1 aliphatic rings. The molecule has 0 bridgehead atoms. The molecule has 94 valence electrons. The van der Waals surface area contributed by atoms with Gasteiger partial charge in [0.05, 0.1) is 4.91 Å². The van der Waals surface area contributed by atoms with Crippen molar-refractivity contribution in [1.82, 2.24) is 0 Å². The van der Waals surface area contributed by atoms with E-state index < -0.39 is 11.6 Å². The Morgan fingerprint density at radius 3 is 2.58 bits per heavy atom. The van der Waals surface area contributed by atoms with Crippen LogP contribution in [0.15, 0.2) is 52.3 Å². The Morgan fingerprint density at radius 1 is 1.05 bits per heavy atom. The number of thioether (sulfide) groups is 1. The van der Waals surface area contributed by atoms with Gasteiger partial charge in [-0.05, 0) is 30.3 Å². The van der Waals surface area contributed by atoms with E-state index in [0.717, 1.165) is 11.0 Å². The molecule has 19 heavy (non-hydrogen) atoms. The number of hydrogen-bond acceptors (Lipinski definition) is 2. The molecule has 0 saturated carbocycles. The first-order valence-corrected chi connectivity index (χ1v) is 6.45. The summed E-state index contributed by atoms with van der Waals surface area (Å²) in [6.07, 6.45) is 1.46. The van der Waals surface area contributed by atoms with Crippen molar-refractivity contribution in [3.63, 3.8) is 0 Å². The van der Waals surface area contributed by atoms with Gasteiger partial charge < -0.3 is 0 Å². The average Bonchev–Trinajstić information content (AvgIpc) is 2.70. The molecule has 0 aliphatic carbocycles. The number of rotatable bonds is 1. The van der Waals surface area contributed by atoms with Crippen molar-refractivity contribution in [1.29, 1.82) is 0 Å². The van der Waals surface area contributed by atoms with Crippen molar-refractivity contribution < 1.29 is 13.6 Å². The van der Waals surface area contributed by atoms with E-state index in [1.807, 2.05) is 12.1 Å². The molecule has 2 aromatic rings. The molecule has 0 unspecified atom stereocenters. The molecule has 0 fully saturated rings. The zero-order chi connectivity index (χ0) is 13.4. The van der Waals surface area contributed by atoms with Crippen LogP contribution >= 0.6 is 11.8 Å². The summed E-state index contributed by atoms with van der Waals surface area (Å²) < 4.78 is 26.4. The van der Waals surface area contributed by atoms with E-state index in [1.165, 1.54) is 30.0 Å². The van der Waals surface area contributed by atoms with Gasteiger partial charge in [-0.3, -0.25) is 4.79 Å². The molecule has 0 N–H and O–H groups in total. The maximum absolute atomic E-state index is 13.6. The van der Waals surface area contributed by atoms with Gasteiger partial charge in [0.25, 0.3) is 0 Å². The average molecular weight is 274 g/mol. The first-order chi connectivity index (χ1) is 9.15. The molecule has 1 heterocycles. The molecular formula is C15H8F2OS. The zero-order valence-electron chi connectivity index (χ0n) is 9.69. The summed E-state index contributed by atoms with van der Waals surface area (Å²) in [5.41, 5.74) is 0.839. The summed E-state index contributed by atoms with van der Waals surface area (Å²) in [6, 6.07) is 10.5. The van der Waals surface area contributed by atoms with Crippen LogP contribution < -0.4 is 0 Å². The lowest BCUT2D eigenvalue weighted by Crippen LogP contribution is -1.94. The van der Waals surface area contributed by atoms with Crippen molar-refractivity contribution in [2.45, 2.75) is 4.90 Å². The molecule has 0 saturated heterocycles. The highest BCUT2D eigenvalue weighted by Crippen LogP contribution is 2.40. The van der Waals surface area contributed by atoms with Gasteiger partial charge in [0.15, 0.2) is 0 Å². The second-order valence-corrected chi connectivity index (χ2v) is 5.19. The van der Waals surface area contributed by atoms with E-state index in [4.69, 9.17) is 0 Å². The van der Waals surface area contributed by atoms with Gasteiger partial charge in [0.1, 0.15) is 11.6 Å². The maximum atomic E-state index is 13.6. The van der Waals surface area contributed by atoms with Crippen LogP contribution in [-0.4, -0.2) is 5.78 Å². The molecule has 4 heteroatoms. The topological polar surface area (TPSA) is 17.1 Å². The number of benzene rings is 2. The normalized spacial score (nSPS) is 15.9. The third-order valence-corrected chi connectivity index (χ3v) is 3.92. The molecule has 0 radical (unpaired) electrons. The Labute approximate surface area is 113 Å². The summed E-state index contributed by atoms with van der Waals surface area (Å²) in [4.78, 5) is 13.4. The summed E-state index contributed by atoms with van der Waals surface area (Å²) in [5.74, 6) is -1.42. The second-order valence-electron chi connectivity index (χ2n) is 4.10. The van der Waals surface area contributed by atoms with Crippen molar-refractivity contribution in [2.24, 2.45) is 0 Å². The number of hydrogen-bond donors (Lipinski definition) is 0. The molecule has 0 amide bonds. The van der Waals surface area contributed by atoms with Crippen LogP contribution in [-0.2, 0) is 0 Å². The van der Waals surface area contributed by atoms with Crippen LogP contribution in [0.5, 0.6) is 0 Å². The van der Waals surface area contributed by atoms with Gasteiger partial charge in [-0.1, -0.05) is 23.9 Å². The largest absolute Gasteiger partial charge is 0.288 e. The third kappa shape index (κ3) is 2.19. The Morgan fingerprint density at radius 2 is 1.84 bits per heavy atom. The van der Waals surface area contributed by atoms with Gasteiger partial charge in [-0.15, -0.1) is 0 Å². The van der Waals surface area contributed by atoms with Gasteiger partial charge >= 0.3 is 0 Å². The minimum atomic E-state index is -0.670. The lowest BCUT2D eigenvalue weighted by molar-refractivity contribution is 0.104. The highest BCUT2D eigenvalue weighted by atomic mass is 32.2. The summed E-state index contributed by atoms with van der Waals surface area (Å²) in [6.45, 7) is 0. The van der Waals surface area contributed by atoms with E-state index in [9.17, 15) is 13.6 Å². The predicted molar refractivity (Wildman–Crippen MR) is 71.0 cm³/mol. The number of carbonyl (C=O) groups excluding carboxylic acids is 1. The molecule has 0 aromatic heterocycles. The van der Waals surface area contributed by atoms with E-state index >= 15 is 0 Å². The van der Waals surface area contributed by atoms with Crippen molar-refractivity contribution >= 4 is 23.6 Å². The smallest absolute Gasteiger partial charge is 0.200 e. The van der Waals surface area contributed by atoms with Crippen LogP contribution in [0.25, 0.3) is 6.08 Å². The first kappa shape index (κ1) is 12.1. The third-order valence-electron chi connectivity index (χ3n) is 2.82. The maximum Gasteiger partial charge on any atom is 0.200 e. The van der Waals surface area contributed by atoms with Gasteiger partial charge in [0, 0.05) is 22.1 Å². The number of allylic oxidation sites excluding steroid dienone is 1. The number of carbonyl (C=O) groups is 1. The van der Waals surface area contributed by atoms with Gasteiger partial charge in [-0.2, -0.15) is 0 Å². The van der Waals surface area contributed by atoms with Gasteiger partial charge in [0.2, 0.25) is 5.78 Å². The fourth-order valence-corrected chi connectivity index (χ4v) is 2.94. The van der Waals surface area contributed by atoms with Crippen molar-refractivity contribution in [3.8, 4) is 0 Å². The predicted octanol–water partition coefficient (Wildman–Crippen LogP) is 4.29. The molecule has 2 aromatic carbocycles. The lowest BCUT2D eigenvalue weighted by atomic mass is 10.1. The number of fused-ring (bicyclic) bond motifs is 1. The molecule has 1 aliphatic heterocycles. The quantitative estimate of drug-likeness (QED) is 0.721. The summed E-state index contributed by atoms with van der Waals surface area (Å²) in [7, 11) is 0. The number of halogens is 2. The number of Topliss-reactive ketones (excluding diaryl/α,β-unsaturated/α-hetero) is 1. The molecule has 1 nitrogen and oxygen atoms in total. The monoisotopic (exact) mass is 274 g/mol. The highest BCUT2D eigenvalue weighted by molar-refractivity contribution is 8.04.